The number of nitrogens with one attached hydrogen (secondary N) is 4. The van der Waals surface area contributed by atoms with E-state index in [0.29, 0.717) is 5.56 Å². The van der Waals surface area contributed by atoms with Crippen molar-refractivity contribution >= 4 is 28.8 Å². The highest BCUT2D eigenvalue weighted by Gasteiger charge is 2.30. The first-order chi connectivity index (χ1) is 17.7. The molecule has 3 amide bonds. The second kappa shape index (κ2) is 11.6. The largest absolute Gasteiger partial charge is 0.508 e. The van der Waals surface area contributed by atoms with Crippen LogP contribution >= 0.6 is 0 Å². The maximum absolute atomic E-state index is 13.6. The fourth-order valence-corrected chi connectivity index (χ4v) is 3.99. The second-order valence-corrected chi connectivity index (χ2v) is 11.4. The van der Waals surface area contributed by atoms with Gasteiger partial charge in [-0.1, -0.05) is 30.3 Å². The first-order valence-electron chi connectivity index (χ1n) is 12.6. The summed E-state index contributed by atoms with van der Waals surface area (Å²) in [6.45, 7) is 10.8. The zero-order valence-corrected chi connectivity index (χ0v) is 22.8. The minimum absolute atomic E-state index is 0.0903. The molecule has 0 aliphatic heterocycles. The molecule has 0 bridgehead atoms. The van der Waals surface area contributed by atoms with E-state index in [-0.39, 0.29) is 24.5 Å². The number of benzene rings is 2. The molecule has 0 aliphatic carbocycles. The van der Waals surface area contributed by atoms with Crippen LogP contribution in [-0.2, 0) is 27.2 Å². The Morgan fingerprint density at radius 1 is 0.868 bits per heavy atom. The van der Waals surface area contributed by atoms with Crippen LogP contribution in [0.5, 0.6) is 5.75 Å². The van der Waals surface area contributed by atoms with Crippen LogP contribution in [0.2, 0.25) is 0 Å². The number of hydrogen-bond donors (Lipinski definition) is 5. The lowest BCUT2D eigenvalue weighted by molar-refractivity contribution is -0.130. The first kappa shape index (κ1) is 28.6. The van der Waals surface area contributed by atoms with Gasteiger partial charge in [0.05, 0.1) is 0 Å². The molecular weight excluding hydrogens is 484 g/mol. The highest BCUT2D eigenvalue weighted by molar-refractivity contribution is 5.92. The van der Waals surface area contributed by atoms with Gasteiger partial charge in [0.2, 0.25) is 11.8 Å². The van der Waals surface area contributed by atoms with Crippen molar-refractivity contribution in [2.24, 2.45) is 0 Å². The van der Waals surface area contributed by atoms with Crippen molar-refractivity contribution in [3.8, 4) is 5.75 Å². The molecule has 0 aliphatic rings. The van der Waals surface area contributed by atoms with Gasteiger partial charge in [0, 0.05) is 35.5 Å². The number of rotatable bonds is 8. The molecule has 9 heteroatoms. The predicted octanol–water partition coefficient (Wildman–Crippen LogP) is 3.95. The fraction of sp³-hybridized carbons (Fsp3) is 0.414. The number of aromatic hydroxyl groups is 1. The van der Waals surface area contributed by atoms with E-state index >= 15 is 0 Å². The molecule has 2 atom stereocenters. The van der Waals surface area contributed by atoms with Crippen LogP contribution in [0.15, 0.2) is 54.7 Å². The summed E-state index contributed by atoms with van der Waals surface area (Å²) in [6, 6.07) is 12.2. The summed E-state index contributed by atoms with van der Waals surface area (Å²) in [4.78, 5) is 42.7. The minimum atomic E-state index is -1.03. The van der Waals surface area contributed by atoms with Crippen LogP contribution in [-0.4, -0.2) is 51.2 Å². The number of phenols is 1. The summed E-state index contributed by atoms with van der Waals surface area (Å²) in [5, 5.41) is 19.0. The standard InChI is InChI=1S/C29H38N4O5/c1-28(2,3)33-26(36)24(16-19-17-30-22-10-8-7-9-21(19)22)31-25(35)23(32-27(37)38-29(4,5)6)15-18-11-13-20(34)14-12-18/h7-14,17,23-24,30,34H,15-16H2,1-6H3,(H,31,35)(H,32,37)(H,33,36)/t23-,24+/m0/s1. The Morgan fingerprint density at radius 2 is 1.50 bits per heavy atom. The number of fused-ring (bicyclic) bond motifs is 1. The van der Waals surface area contributed by atoms with Gasteiger partial charge >= 0.3 is 6.09 Å². The lowest BCUT2D eigenvalue weighted by Crippen LogP contribution is -2.57. The zero-order chi connectivity index (χ0) is 28.1. The molecule has 1 heterocycles. The second-order valence-electron chi connectivity index (χ2n) is 11.4. The summed E-state index contributed by atoms with van der Waals surface area (Å²) in [6.07, 6.45) is 1.46. The van der Waals surface area contributed by atoms with Crippen LogP contribution in [0, 0.1) is 0 Å². The minimum Gasteiger partial charge on any atom is -0.508 e. The molecule has 9 nitrogen and oxygen atoms in total. The molecule has 0 unspecified atom stereocenters. The van der Waals surface area contributed by atoms with Gasteiger partial charge < -0.3 is 30.8 Å². The fourth-order valence-electron chi connectivity index (χ4n) is 3.99. The number of carbonyl (C=O) groups excluding carboxylic acids is 3. The van der Waals surface area contributed by atoms with Gasteiger partial charge in [-0.15, -0.1) is 0 Å². The molecule has 38 heavy (non-hydrogen) atoms. The Bertz CT molecular complexity index is 1270. The van der Waals surface area contributed by atoms with Crippen molar-refractivity contribution in [3.05, 3.63) is 65.9 Å². The highest BCUT2D eigenvalue weighted by Crippen LogP contribution is 2.20. The molecule has 3 aromatic rings. The van der Waals surface area contributed by atoms with E-state index in [9.17, 15) is 19.5 Å². The average molecular weight is 523 g/mol. The molecule has 2 aromatic carbocycles. The Kier molecular flexibility index (Phi) is 8.70. The SMILES string of the molecule is CC(C)(C)NC(=O)[C@@H](Cc1c[nH]c2ccccc12)NC(=O)[C@H](Cc1ccc(O)cc1)NC(=O)OC(C)(C)C. The normalized spacial score (nSPS) is 13.4. The van der Waals surface area contributed by atoms with Crippen molar-refractivity contribution in [1.29, 1.82) is 0 Å². The molecule has 0 saturated heterocycles. The van der Waals surface area contributed by atoms with Crippen LogP contribution in [0.25, 0.3) is 10.9 Å². The van der Waals surface area contributed by atoms with E-state index in [2.05, 4.69) is 20.9 Å². The van der Waals surface area contributed by atoms with Crippen LogP contribution in [0.3, 0.4) is 0 Å². The maximum atomic E-state index is 13.6. The van der Waals surface area contributed by atoms with Crippen molar-refractivity contribution in [2.75, 3.05) is 0 Å². The molecule has 0 saturated carbocycles. The number of H-pyrrole nitrogens is 1. The molecule has 204 valence electrons. The molecule has 0 spiro atoms. The van der Waals surface area contributed by atoms with Crippen LogP contribution < -0.4 is 16.0 Å². The molecule has 1 aromatic heterocycles. The van der Waals surface area contributed by atoms with Gasteiger partial charge in [0.15, 0.2) is 0 Å². The lowest BCUT2D eigenvalue weighted by Gasteiger charge is -2.28. The Balaban J connectivity index is 1.87. The van der Waals surface area contributed by atoms with E-state index in [4.69, 9.17) is 4.74 Å². The molecule has 3 rings (SSSR count). The molecule has 0 radical (unpaired) electrons. The number of phenolic OH excluding ortho intramolecular Hbond substituents is 1. The average Bonchev–Trinajstić information content (AvgIpc) is 3.20. The van der Waals surface area contributed by atoms with Gasteiger partial charge in [-0.05, 0) is 70.9 Å². The third-order valence-corrected chi connectivity index (χ3v) is 5.61. The highest BCUT2D eigenvalue weighted by atomic mass is 16.6. The van der Waals surface area contributed by atoms with E-state index < -0.39 is 35.2 Å². The van der Waals surface area contributed by atoms with Crippen molar-refractivity contribution in [1.82, 2.24) is 20.9 Å². The number of aromatic amines is 1. The molecule has 5 N–H and O–H groups in total. The van der Waals surface area contributed by atoms with E-state index in [0.717, 1.165) is 16.5 Å². The summed E-state index contributed by atoms with van der Waals surface area (Å²) in [7, 11) is 0. The van der Waals surface area contributed by atoms with Crippen LogP contribution in [0.4, 0.5) is 4.79 Å². The van der Waals surface area contributed by atoms with E-state index in [1.807, 2.05) is 51.2 Å². The van der Waals surface area contributed by atoms with Crippen molar-refractivity contribution < 1.29 is 24.2 Å². The third-order valence-electron chi connectivity index (χ3n) is 5.61. The van der Waals surface area contributed by atoms with Gasteiger partial charge in [-0.2, -0.15) is 0 Å². The number of alkyl carbamates (subject to hydrolysis) is 1. The van der Waals surface area contributed by atoms with Gasteiger partial charge in [0.1, 0.15) is 23.4 Å². The van der Waals surface area contributed by atoms with Gasteiger partial charge in [-0.25, -0.2) is 4.79 Å². The first-order valence-corrected chi connectivity index (χ1v) is 12.6. The number of aromatic nitrogens is 1. The smallest absolute Gasteiger partial charge is 0.408 e. The van der Waals surface area contributed by atoms with Gasteiger partial charge in [-0.3, -0.25) is 9.59 Å². The summed E-state index contributed by atoms with van der Waals surface area (Å²) in [5.41, 5.74) is 1.26. The summed E-state index contributed by atoms with van der Waals surface area (Å²) < 4.78 is 5.37. The van der Waals surface area contributed by atoms with Gasteiger partial charge in [0.25, 0.3) is 0 Å². The monoisotopic (exact) mass is 522 g/mol. The Hall–Kier alpha value is -4.01. The third kappa shape index (κ3) is 8.54. The number of hydrogen-bond acceptors (Lipinski definition) is 5. The quantitative estimate of drug-likeness (QED) is 0.306. The summed E-state index contributed by atoms with van der Waals surface area (Å²) >= 11 is 0. The van der Waals surface area contributed by atoms with Crippen LogP contribution in [0.1, 0.15) is 52.7 Å². The van der Waals surface area contributed by atoms with E-state index in [1.165, 1.54) is 12.1 Å². The Labute approximate surface area is 223 Å². The summed E-state index contributed by atoms with van der Waals surface area (Å²) in [5.74, 6) is -0.776. The molecule has 0 fully saturated rings. The Morgan fingerprint density at radius 3 is 2.13 bits per heavy atom. The number of carbonyl (C=O) groups is 3. The van der Waals surface area contributed by atoms with Crippen molar-refractivity contribution in [2.45, 2.75) is 77.6 Å². The number of amides is 3. The molecular formula is C29H38N4O5. The lowest BCUT2D eigenvalue weighted by atomic mass is 10.0. The predicted molar refractivity (Wildman–Crippen MR) is 147 cm³/mol. The topological polar surface area (TPSA) is 133 Å². The number of para-hydroxylation sites is 1. The maximum Gasteiger partial charge on any atom is 0.408 e. The van der Waals surface area contributed by atoms with Crippen molar-refractivity contribution in [3.63, 3.8) is 0 Å². The number of ether oxygens (including phenoxy) is 1. The zero-order valence-electron chi connectivity index (χ0n) is 22.8. The van der Waals surface area contributed by atoms with E-state index in [1.54, 1.807) is 32.9 Å².